The number of nitrogens with zero attached hydrogens (tertiary/aromatic N) is 4. The number of amides is 2. The maximum atomic E-state index is 12.9. The Hall–Kier alpha value is -3.65. The van der Waals surface area contributed by atoms with Crippen LogP contribution in [0.3, 0.4) is 0 Å². The minimum Gasteiger partial charge on any atom is -0.504 e. The van der Waals surface area contributed by atoms with E-state index in [1.54, 1.807) is 4.90 Å². The molecule has 2 heterocycles. The number of aromatic hydroxyl groups is 1. The average molecular weight is 434 g/mol. The van der Waals surface area contributed by atoms with Gasteiger partial charge < -0.3 is 15.3 Å². The molecule has 2 aromatic carbocycles. The summed E-state index contributed by atoms with van der Waals surface area (Å²) in [6, 6.07) is 15.2. The monoisotopic (exact) mass is 433 g/mol. The lowest BCUT2D eigenvalue weighted by atomic mass is 10.1. The Morgan fingerprint density at radius 3 is 2.44 bits per heavy atom. The van der Waals surface area contributed by atoms with E-state index in [9.17, 15) is 14.7 Å². The highest BCUT2D eigenvalue weighted by molar-refractivity contribution is 5.95. The van der Waals surface area contributed by atoms with E-state index in [1.165, 1.54) is 10.9 Å². The fraction of sp³-hybridized carbons (Fsp3) is 0.292. The van der Waals surface area contributed by atoms with E-state index >= 15 is 0 Å². The van der Waals surface area contributed by atoms with Crippen LogP contribution < -0.4 is 5.32 Å². The van der Waals surface area contributed by atoms with Gasteiger partial charge in [-0.05, 0) is 43.2 Å². The summed E-state index contributed by atoms with van der Waals surface area (Å²) in [6.45, 7) is 6.35. The van der Waals surface area contributed by atoms with Crippen LogP contribution in [0.25, 0.3) is 5.69 Å². The molecule has 0 unspecified atom stereocenters. The molecular formula is C24H27N5O3. The maximum absolute atomic E-state index is 12.9. The number of carbonyl (C=O) groups excluding carboxylic acids is 2. The summed E-state index contributed by atoms with van der Waals surface area (Å²) >= 11 is 0. The van der Waals surface area contributed by atoms with Crippen LogP contribution in [-0.2, 0) is 4.79 Å². The van der Waals surface area contributed by atoms with Gasteiger partial charge in [0.2, 0.25) is 5.91 Å². The average Bonchev–Trinajstić information content (AvgIpc) is 3.19. The summed E-state index contributed by atoms with van der Waals surface area (Å²) < 4.78 is 1.50. The van der Waals surface area contributed by atoms with Crippen molar-refractivity contribution < 1.29 is 14.7 Å². The van der Waals surface area contributed by atoms with E-state index in [2.05, 4.69) is 10.4 Å². The first-order chi connectivity index (χ1) is 15.4. The quantitative estimate of drug-likeness (QED) is 0.646. The Kier molecular flexibility index (Phi) is 6.23. The van der Waals surface area contributed by atoms with Crippen molar-refractivity contribution >= 4 is 17.5 Å². The second kappa shape index (κ2) is 9.23. The van der Waals surface area contributed by atoms with Gasteiger partial charge in [-0.25, -0.2) is 4.68 Å². The molecule has 1 saturated heterocycles. The van der Waals surface area contributed by atoms with Gasteiger partial charge in [0.15, 0.2) is 11.4 Å². The molecule has 0 bridgehead atoms. The first kappa shape index (κ1) is 21.6. The van der Waals surface area contributed by atoms with Crippen LogP contribution in [0.5, 0.6) is 5.75 Å². The van der Waals surface area contributed by atoms with Crippen LogP contribution in [0.1, 0.15) is 21.6 Å². The number of piperazine rings is 1. The molecule has 0 aliphatic carbocycles. The first-order valence-electron chi connectivity index (χ1n) is 10.6. The van der Waals surface area contributed by atoms with Crippen LogP contribution in [0, 0.1) is 13.8 Å². The summed E-state index contributed by atoms with van der Waals surface area (Å²) in [7, 11) is 0. The van der Waals surface area contributed by atoms with Crippen molar-refractivity contribution in [2.75, 3.05) is 38.0 Å². The van der Waals surface area contributed by atoms with Gasteiger partial charge in [-0.1, -0.05) is 30.3 Å². The highest BCUT2D eigenvalue weighted by Gasteiger charge is 2.27. The number of hydrogen-bond acceptors (Lipinski definition) is 5. The fourth-order valence-electron chi connectivity index (χ4n) is 3.77. The van der Waals surface area contributed by atoms with Crippen molar-refractivity contribution in [3.8, 4) is 11.4 Å². The first-order valence-corrected chi connectivity index (χ1v) is 10.6. The standard InChI is InChI=1S/C24H27N5O3/c1-17-7-6-10-20(18(17)2)25-22(31)16-27-11-13-28(14-12-27)24(32)23-21(30)15-29(26-23)19-8-4-3-5-9-19/h3-10,15,30H,11-14,16H2,1-2H3,(H,25,31). The van der Waals surface area contributed by atoms with E-state index in [1.807, 2.05) is 67.3 Å². The van der Waals surface area contributed by atoms with Crippen LogP contribution in [0.4, 0.5) is 5.69 Å². The molecule has 0 radical (unpaired) electrons. The highest BCUT2D eigenvalue weighted by atomic mass is 16.3. The SMILES string of the molecule is Cc1cccc(NC(=O)CN2CCN(C(=O)c3nn(-c4ccccc4)cc3O)CC2)c1C. The number of benzene rings is 2. The topological polar surface area (TPSA) is 90.7 Å². The molecule has 1 aromatic heterocycles. The summed E-state index contributed by atoms with van der Waals surface area (Å²) in [5, 5.41) is 17.5. The van der Waals surface area contributed by atoms with Gasteiger partial charge in [-0.3, -0.25) is 14.5 Å². The summed E-state index contributed by atoms with van der Waals surface area (Å²) in [6.07, 6.45) is 1.44. The fourth-order valence-corrected chi connectivity index (χ4v) is 3.77. The molecule has 166 valence electrons. The van der Waals surface area contributed by atoms with Crippen molar-refractivity contribution in [1.82, 2.24) is 19.6 Å². The molecule has 2 amide bonds. The zero-order valence-corrected chi connectivity index (χ0v) is 18.3. The molecule has 1 aliphatic heterocycles. The zero-order valence-electron chi connectivity index (χ0n) is 18.3. The van der Waals surface area contributed by atoms with Crippen LogP contribution in [-0.4, -0.2) is 69.2 Å². The van der Waals surface area contributed by atoms with Gasteiger partial charge in [0.1, 0.15) is 0 Å². The zero-order chi connectivity index (χ0) is 22.7. The van der Waals surface area contributed by atoms with Crippen LogP contribution >= 0.6 is 0 Å². The molecular weight excluding hydrogens is 406 g/mol. The summed E-state index contributed by atoms with van der Waals surface area (Å²) in [5.74, 6) is -0.524. The van der Waals surface area contributed by atoms with Crippen molar-refractivity contribution in [1.29, 1.82) is 0 Å². The lowest BCUT2D eigenvalue weighted by Crippen LogP contribution is -2.50. The predicted molar refractivity (Wildman–Crippen MR) is 122 cm³/mol. The number of anilines is 1. The third-order valence-electron chi connectivity index (χ3n) is 5.82. The van der Waals surface area contributed by atoms with Crippen LogP contribution in [0.15, 0.2) is 54.7 Å². The van der Waals surface area contributed by atoms with Gasteiger partial charge in [-0.2, -0.15) is 5.10 Å². The van der Waals surface area contributed by atoms with E-state index in [0.29, 0.717) is 26.2 Å². The number of aryl methyl sites for hydroxylation is 1. The number of rotatable bonds is 5. The highest BCUT2D eigenvalue weighted by Crippen LogP contribution is 2.21. The van der Waals surface area contributed by atoms with Gasteiger partial charge in [0, 0.05) is 31.9 Å². The lowest BCUT2D eigenvalue weighted by Gasteiger charge is -2.34. The van der Waals surface area contributed by atoms with Crippen molar-refractivity contribution in [3.05, 3.63) is 71.5 Å². The molecule has 0 spiro atoms. The molecule has 8 heteroatoms. The van der Waals surface area contributed by atoms with Gasteiger partial charge in [-0.15, -0.1) is 0 Å². The third kappa shape index (κ3) is 4.65. The third-order valence-corrected chi connectivity index (χ3v) is 5.82. The van der Waals surface area contributed by atoms with Crippen molar-refractivity contribution in [2.24, 2.45) is 0 Å². The molecule has 1 fully saturated rings. The number of carbonyl (C=O) groups is 2. The number of para-hydroxylation sites is 1. The molecule has 2 N–H and O–H groups in total. The van der Waals surface area contributed by atoms with Crippen molar-refractivity contribution in [3.63, 3.8) is 0 Å². The minimum absolute atomic E-state index is 0.0370. The minimum atomic E-state index is -0.309. The molecule has 32 heavy (non-hydrogen) atoms. The number of hydrogen-bond donors (Lipinski definition) is 2. The number of nitrogens with one attached hydrogen (secondary N) is 1. The predicted octanol–water partition coefficient (Wildman–Crippen LogP) is 2.59. The normalized spacial score (nSPS) is 14.4. The second-order valence-corrected chi connectivity index (χ2v) is 8.01. The molecule has 0 atom stereocenters. The van der Waals surface area contributed by atoms with Gasteiger partial charge in [0.05, 0.1) is 18.4 Å². The Balaban J connectivity index is 1.33. The molecule has 8 nitrogen and oxygen atoms in total. The molecule has 3 aromatic rings. The lowest BCUT2D eigenvalue weighted by molar-refractivity contribution is -0.117. The Morgan fingerprint density at radius 2 is 1.72 bits per heavy atom. The molecule has 0 saturated carbocycles. The Labute approximate surface area is 187 Å². The summed E-state index contributed by atoms with van der Waals surface area (Å²) in [4.78, 5) is 29.1. The number of aromatic nitrogens is 2. The van der Waals surface area contributed by atoms with E-state index in [-0.39, 0.29) is 29.8 Å². The largest absolute Gasteiger partial charge is 0.504 e. The van der Waals surface area contributed by atoms with Gasteiger partial charge in [0.25, 0.3) is 5.91 Å². The Bertz CT molecular complexity index is 1120. The maximum Gasteiger partial charge on any atom is 0.278 e. The van der Waals surface area contributed by atoms with E-state index < -0.39 is 0 Å². The molecule has 4 rings (SSSR count). The summed E-state index contributed by atoms with van der Waals surface area (Å²) in [5.41, 5.74) is 3.82. The van der Waals surface area contributed by atoms with Crippen molar-refractivity contribution in [2.45, 2.75) is 13.8 Å². The van der Waals surface area contributed by atoms with E-state index in [4.69, 9.17) is 0 Å². The van der Waals surface area contributed by atoms with Gasteiger partial charge >= 0.3 is 0 Å². The molecule has 1 aliphatic rings. The smallest absolute Gasteiger partial charge is 0.278 e. The van der Waals surface area contributed by atoms with Crippen LogP contribution in [0.2, 0.25) is 0 Å². The van der Waals surface area contributed by atoms with E-state index in [0.717, 1.165) is 22.5 Å². The second-order valence-electron chi connectivity index (χ2n) is 8.01. The Morgan fingerprint density at radius 1 is 1.00 bits per heavy atom.